The lowest BCUT2D eigenvalue weighted by Crippen LogP contribution is -2.41. The Kier molecular flexibility index (Phi) is 5.21. The van der Waals surface area contributed by atoms with Crippen molar-refractivity contribution in [2.24, 2.45) is 11.8 Å². The Labute approximate surface area is 177 Å². The molecule has 1 aliphatic carbocycles. The number of halogens is 2. The molecule has 5 rings (SSSR count). The van der Waals surface area contributed by atoms with E-state index in [4.69, 9.17) is 0 Å². The Morgan fingerprint density at radius 3 is 2.87 bits per heavy atom. The molecule has 0 bridgehead atoms. The predicted molar refractivity (Wildman–Crippen MR) is 110 cm³/mol. The summed E-state index contributed by atoms with van der Waals surface area (Å²) in [5, 5.41) is 7.09. The third-order valence-electron chi connectivity index (χ3n) is 5.88. The molecule has 2 fully saturated rings. The van der Waals surface area contributed by atoms with Gasteiger partial charge in [0.2, 0.25) is 5.91 Å². The number of anilines is 1. The number of aromatic nitrogens is 5. The van der Waals surface area contributed by atoms with Crippen LogP contribution in [0, 0.1) is 11.8 Å². The van der Waals surface area contributed by atoms with Crippen molar-refractivity contribution in [1.82, 2.24) is 29.9 Å². The van der Waals surface area contributed by atoms with Crippen molar-refractivity contribution < 1.29 is 13.6 Å². The topological polar surface area (TPSA) is 88.3 Å². The first-order valence-electron chi connectivity index (χ1n) is 10.6. The summed E-state index contributed by atoms with van der Waals surface area (Å²) in [6.45, 7) is 2.34. The van der Waals surface area contributed by atoms with Crippen LogP contribution in [-0.2, 0) is 4.79 Å². The first-order valence-corrected chi connectivity index (χ1v) is 10.6. The van der Waals surface area contributed by atoms with E-state index in [2.05, 4.69) is 30.3 Å². The molecule has 31 heavy (non-hydrogen) atoms. The highest BCUT2D eigenvalue weighted by atomic mass is 19.3. The second-order valence-corrected chi connectivity index (χ2v) is 8.21. The smallest absolute Gasteiger partial charge is 0.282 e. The second-order valence-electron chi connectivity index (χ2n) is 8.21. The first-order chi connectivity index (χ1) is 15.1. The number of carbonyl (C=O) groups excluding carboxylic acids is 1. The van der Waals surface area contributed by atoms with E-state index in [1.165, 1.54) is 23.0 Å². The number of amides is 1. The van der Waals surface area contributed by atoms with Gasteiger partial charge in [-0.25, -0.2) is 28.2 Å². The van der Waals surface area contributed by atoms with Crippen molar-refractivity contribution in [3.05, 3.63) is 36.4 Å². The molecule has 1 saturated heterocycles. The van der Waals surface area contributed by atoms with Crippen LogP contribution in [-0.4, -0.2) is 50.1 Å². The Bertz CT molecular complexity index is 1100. The van der Waals surface area contributed by atoms with Crippen molar-refractivity contribution in [2.45, 2.75) is 32.1 Å². The molecular weight excluding hydrogens is 404 g/mol. The zero-order valence-electron chi connectivity index (χ0n) is 16.9. The van der Waals surface area contributed by atoms with Gasteiger partial charge in [0.15, 0.2) is 5.65 Å². The van der Waals surface area contributed by atoms with Crippen LogP contribution >= 0.6 is 0 Å². The minimum atomic E-state index is -2.66. The highest BCUT2D eigenvalue weighted by Gasteiger charge is 2.30. The highest BCUT2D eigenvalue weighted by molar-refractivity contribution is 5.80. The molecule has 1 N–H and O–H groups in total. The van der Waals surface area contributed by atoms with Crippen molar-refractivity contribution in [2.75, 3.05) is 24.5 Å². The fourth-order valence-corrected chi connectivity index (χ4v) is 4.01. The standard InChI is InChI=1S/C21H23F2N7O/c22-20(23)15-5-6-18-24-10-17(30(18)28-15)16-8-19(27-12-26-16)29-7-1-2-13(11-29)9-25-21(31)14-3-4-14/h5-6,8,10,12-14,20H,1-4,7,9,11H2,(H,25,31). The van der Waals surface area contributed by atoms with Crippen LogP contribution < -0.4 is 10.2 Å². The minimum absolute atomic E-state index is 0.171. The van der Waals surface area contributed by atoms with E-state index >= 15 is 0 Å². The number of hydrogen-bond donors (Lipinski definition) is 1. The van der Waals surface area contributed by atoms with E-state index in [1.807, 2.05) is 6.07 Å². The molecule has 162 valence electrons. The van der Waals surface area contributed by atoms with Gasteiger partial charge in [0.25, 0.3) is 6.43 Å². The van der Waals surface area contributed by atoms with Crippen LogP contribution in [0.4, 0.5) is 14.6 Å². The molecule has 1 amide bonds. The van der Waals surface area contributed by atoms with Gasteiger partial charge >= 0.3 is 0 Å². The van der Waals surface area contributed by atoms with Gasteiger partial charge in [-0.3, -0.25) is 4.79 Å². The molecule has 0 aromatic carbocycles. The number of carbonyl (C=O) groups is 1. The number of imidazole rings is 1. The van der Waals surface area contributed by atoms with Crippen molar-refractivity contribution in [3.8, 4) is 11.4 Å². The maximum absolute atomic E-state index is 13.1. The van der Waals surface area contributed by atoms with E-state index in [-0.39, 0.29) is 17.5 Å². The van der Waals surface area contributed by atoms with Crippen LogP contribution in [0.2, 0.25) is 0 Å². The van der Waals surface area contributed by atoms with Crippen molar-refractivity contribution in [3.63, 3.8) is 0 Å². The maximum Gasteiger partial charge on any atom is 0.282 e. The highest BCUT2D eigenvalue weighted by Crippen LogP contribution is 2.29. The first kappa shape index (κ1) is 19.8. The Balaban J connectivity index is 1.34. The third kappa shape index (κ3) is 4.19. The average Bonchev–Trinajstić information content (AvgIpc) is 3.56. The summed E-state index contributed by atoms with van der Waals surface area (Å²) < 4.78 is 27.6. The molecule has 2 aliphatic rings. The normalized spacial score (nSPS) is 19.2. The number of hydrogen-bond acceptors (Lipinski definition) is 6. The van der Waals surface area contributed by atoms with Gasteiger partial charge in [-0.2, -0.15) is 5.10 Å². The summed E-state index contributed by atoms with van der Waals surface area (Å²) in [6.07, 6.45) is 4.47. The van der Waals surface area contributed by atoms with E-state index in [9.17, 15) is 13.6 Å². The Morgan fingerprint density at radius 2 is 2.06 bits per heavy atom. The summed E-state index contributed by atoms with van der Waals surface area (Å²) in [5.74, 6) is 1.52. The van der Waals surface area contributed by atoms with Crippen LogP contribution in [0.3, 0.4) is 0 Å². The quantitative estimate of drug-likeness (QED) is 0.651. The van der Waals surface area contributed by atoms with Gasteiger partial charge in [0.1, 0.15) is 23.5 Å². The number of nitrogens with zero attached hydrogens (tertiary/aromatic N) is 6. The van der Waals surface area contributed by atoms with E-state index in [0.717, 1.165) is 44.6 Å². The lowest BCUT2D eigenvalue weighted by atomic mass is 9.98. The molecule has 1 saturated carbocycles. The van der Waals surface area contributed by atoms with Gasteiger partial charge in [-0.05, 0) is 43.7 Å². The molecule has 10 heteroatoms. The van der Waals surface area contributed by atoms with Crippen molar-refractivity contribution >= 4 is 17.4 Å². The average molecular weight is 427 g/mol. The number of rotatable bonds is 6. The zero-order chi connectivity index (χ0) is 21.4. The summed E-state index contributed by atoms with van der Waals surface area (Å²) in [6, 6.07) is 4.63. The lowest BCUT2D eigenvalue weighted by molar-refractivity contribution is -0.122. The lowest BCUT2D eigenvalue weighted by Gasteiger charge is -2.33. The number of nitrogens with one attached hydrogen (secondary N) is 1. The van der Waals surface area contributed by atoms with Gasteiger partial charge in [-0.15, -0.1) is 0 Å². The molecular formula is C21H23F2N7O. The Hall–Kier alpha value is -3.17. The molecule has 1 unspecified atom stereocenters. The van der Waals surface area contributed by atoms with Gasteiger partial charge in [0.05, 0.1) is 11.9 Å². The van der Waals surface area contributed by atoms with Gasteiger partial charge in [0, 0.05) is 31.6 Å². The zero-order valence-corrected chi connectivity index (χ0v) is 16.9. The van der Waals surface area contributed by atoms with Gasteiger partial charge < -0.3 is 10.2 Å². The molecule has 4 heterocycles. The molecule has 3 aromatic rings. The summed E-state index contributed by atoms with van der Waals surface area (Å²) in [7, 11) is 0. The molecule has 1 atom stereocenters. The SMILES string of the molecule is O=C(NCC1CCCN(c2cc(-c3cnc4ccc(C(F)F)nn34)ncn2)C1)C1CC1. The number of alkyl halides is 2. The van der Waals surface area contributed by atoms with E-state index in [0.29, 0.717) is 29.5 Å². The van der Waals surface area contributed by atoms with Crippen LogP contribution in [0.15, 0.2) is 30.7 Å². The monoisotopic (exact) mass is 427 g/mol. The summed E-state index contributed by atoms with van der Waals surface area (Å²) >= 11 is 0. The van der Waals surface area contributed by atoms with Crippen LogP contribution in [0.25, 0.3) is 17.0 Å². The Morgan fingerprint density at radius 1 is 1.19 bits per heavy atom. The molecule has 8 nitrogen and oxygen atoms in total. The molecule has 1 aliphatic heterocycles. The summed E-state index contributed by atoms with van der Waals surface area (Å²) in [4.78, 5) is 27.1. The van der Waals surface area contributed by atoms with Crippen LogP contribution in [0.5, 0.6) is 0 Å². The number of piperidine rings is 1. The third-order valence-corrected chi connectivity index (χ3v) is 5.88. The summed E-state index contributed by atoms with van der Waals surface area (Å²) in [5.41, 5.74) is 1.27. The second kappa shape index (κ2) is 8.16. The fourth-order valence-electron chi connectivity index (χ4n) is 4.01. The largest absolute Gasteiger partial charge is 0.356 e. The fraction of sp³-hybridized carbons (Fsp3) is 0.476. The minimum Gasteiger partial charge on any atom is -0.356 e. The molecule has 3 aromatic heterocycles. The van der Waals surface area contributed by atoms with Gasteiger partial charge in [-0.1, -0.05) is 0 Å². The van der Waals surface area contributed by atoms with Crippen molar-refractivity contribution in [1.29, 1.82) is 0 Å². The van der Waals surface area contributed by atoms with Crippen LogP contribution in [0.1, 0.15) is 37.8 Å². The molecule has 0 radical (unpaired) electrons. The molecule has 0 spiro atoms. The number of fused-ring (bicyclic) bond motifs is 1. The maximum atomic E-state index is 13.1. The van der Waals surface area contributed by atoms with E-state index < -0.39 is 6.43 Å². The van der Waals surface area contributed by atoms with E-state index in [1.54, 1.807) is 6.20 Å². The predicted octanol–water partition coefficient (Wildman–Crippen LogP) is 2.87.